The third-order valence-corrected chi connectivity index (χ3v) is 6.79. The number of hydrogen-bond donors (Lipinski definition) is 1. The number of nitrogens with zero attached hydrogens (tertiary/aromatic N) is 2. The van der Waals surface area contributed by atoms with Crippen molar-refractivity contribution in [2.75, 3.05) is 20.8 Å². The van der Waals surface area contributed by atoms with Crippen LogP contribution in [-0.4, -0.2) is 45.6 Å². The molecule has 0 fully saturated rings. The molecule has 0 atom stereocenters. The summed E-state index contributed by atoms with van der Waals surface area (Å²) >= 11 is 5.94. The number of carbonyl (C=O) groups is 1. The van der Waals surface area contributed by atoms with Crippen LogP contribution in [0.25, 0.3) is 0 Å². The molecule has 0 aliphatic rings. The molecular weight excluding hydrogens is 478 g/mol. The maximum absolute atomic E-state index is 13.5. The molecule has 0 saturated heterocycles. The Balaban J connectivity index is 1.83. The van der Waals surface area contributed by atoms with Crippen LogP contribution in [0.4, 0.5) is 0 Å². The van der Waals surface area contributed by atoms with Crippen LogP contribution >= 0.6 is 11.6 Å². The normalized spacial score (nSPS) is 11.5. The standard InChI is InChI=1S/C24H24ClN3O5S/c1-32-22-12-11-21(14-23(22)33-2)34(30,31)28(16-18-7-4-3-5-8-18)17-24(29)27-26-15-19-9-6-10-20(25)13-19/h3-15H,16-17H2,1-2H3,(H,27,29)/b26-15+. The minimum Gasteiger partial charge on any atom is -0.493 e. The molecule has 1 amide bonds. The molecule has 0 aliphatic carbocycles. The number of methoxy groups -OCH3 is 2. The third kappa shape index (κ3) is 6.57. The minimum absolute atomic E-state index is 0.0110. The Morgan fingerprint density at radius 2 is 1.74 bits per heavy atom. The molecule has 0 aromatic heterocycles. The predicted molar refractivity (Wildman–Crippen MR) is 131 cm³/mol. The molecule has 1 N–H and O–H groups in total. The fourth-order valence-electron chi connectivity index (χ4n) is 3.10. The van der Waals surface area contributed by atoms with E-state index in [9.17, 15) is 13.2 Å². The topological polar surface area (TPSA) is 97.3 Å². The van der Waals surface area contributed by atoms with Gasteiger partial charge in [0.2, 0.25) is 10.0 Å². The molecule has 0 saturated carbocycles. The summed E-state index contributed by atoms with van der Waals surface area (Å²) in [5, 5.41) is 4.44. The lowest BCUT2D eigenvalue weighted by Gasteiger charge is -2.22. The Kier molecular flexibility index (Phi) is 8.64. The van der Waals surface area contributed by atoms with E-state index in [1.807, 2.05) is 6.07 Å². The largest absolute Gasteiger partial charge is 0.493 e. The predicted octanol–water partition coefficient (Wildman–Crippen LogP) is 3.70. The lowest BCUT2D eigenvalue weighted by atomic mass is 10.2. The van der Waals surface area contributed by atoms with Gasteiger partial charge >= 0.3 is 0 Å². The second-order valence-corrected chi connectivity index (χ2v) is 9.50. The number of rotatable bonds is 10. The maximum Gasteiger partial charge on any atom is 0.255 e. The number of hydrazone groups is 1. The van der Waals surface area contributed by atoms with Crippen LogP contribution in [0.15, 0.2) is 82.8 Å². The highest BCUT2D eigenvalue weighted by molar-refractivity contribution is 7.89. The average molecular weight is 502 g/mol. The van der Waals surface area contributed by atoms with Crippen molar-refractivity contribution in [3.05, 3.63) is 88.9 Å². The van der Waals surface area contributed by atoms with Gasteiger partial charge in [-0.15, -0.1) is 0 Å². The number of nitrogens with one attached hydrogen (secondary N) is 1. The summed E-state index contributed by atoms with van der Waals surface area (Å²) in [5.74, 6) is 0.0567. The molecule has 3 rings (SSSR count). The Labute approximate surface area is 203 Å². The van der Waals surface area contributed by atoms with E-state index in [1.54, 1.807) is 48.5 Å². The number of halogens is 1. The van der Waals surface area contributed by atoms with Crippen molar-refractivity contribution in [1.29, 1.82) is 0 Å². The lowest BCUT2D eigenvalue weighted by molar-refractivity contribution is -0.121. The molecule has 10 heteroatoms. The van der Waals surface area contributed by atoms with Gasteiger partial charge < -0.3 is 9.47 Å². The average Bonchev–Trinajstić information content (AvgIpc) is 2.83. The molecule has 0 spiro atoms. The molecule has 3 aromatic rings. The number of ether oxygens (including phenoxy) is 2. The van der Waals surface area contributed by atoms with Gasteiger partial charge in [0.1, 0.15) is 0 Å². The van der Waals surface area contributed by atoms with Crippen molar-refractivity contribution >= 4 is 33.7 Å². The molecule has 0 radical (unpaired) electrons. The Morgan fingerprint density at radius 3 is 2.41 bits per heavy atom. The fourth-order valence-corrected chi connectivity index (χ4v) is 4.70. The van der Waals surface area contributed by atoms with Crippen LogP contribution in [0.1, 0.15) is 11.1 Å². The highest BCUT2D eigenvalue weighted by Crippen LogP contribution is 2.31. The maximum atomic E-state index is 13.5. The van der Waals surface area contributed by atoms with Crippen molar-refractivity contribution in [3.8, 4) is 11.5 Å². The zero-order valence-electron chi connectivity index (χ0n) is 18.6. The summed E-state index contributed by atoms with van der Waals surface area (Å²) in [6, 6.07) is 20.2. The lowest BCUT2D eigenvalue weighted by Crippen LogP contribution is -2.39. The van der Waals surface area contributed by atoms with Gasteiger partial charge in [-0.2, -0.15) is 9.41 Å². The number of benzene rings is 3. The third-order valence-electron chi connectivity index (χ3n) is 4.77. The highest BCUT2D eigenvalue weighted by atomic mass is 35.5. The number of carbonyl (C=O) groups excluding carboxylic acids is 1. The molecule has 0 heterocycles. The van der Waals surface area contributed by atoms with Gasteiger partial charge in [-0.1, -0.05) is 54.1 Å². The van der Waals surface area contributed by atoms with E-state index in [1.165, 1.54) is 38.6 Å². The van der Waals surface area contributed by atoms with Gasteiger partial charge in [-0.3, -0.25) is 4.79 Å². The van der Waals surface area contributed by atoms with Crippen molar-refractivity contribution in [1.82, 2.24) is 9.73 Å². The van der Waals surface area contributed by atoms with E-state index in [0.29, 0.717) is 16.3 Å². The summed E-state index contributed by atoms with van der Waals surface area (Å²) in [7, 11) is -1.19. The second-order valence-electron chi connectivity index (χ2n) is 7.12. The SMILES string of the molecule is COc1ccc(S(=O)(=O)N(CC(=O)N/N=C/c2cccc(Cl)c2)Cc2ccccc2)cc1OC. The molecular formula is C24H24ClN3O5S. The first-order valence-corrected chi connectivity index (χ1v) is 12.0. The summed E-state index contributed by atoms with van der Waals surface area (Å²) in [6.07, 6.45) is 1.42. The second kappa shape index (κ2) is 11.6. The van der Waals surface area contributed by atoms with Gasteiger partial charge in [0, 0.05) is 17.6 Å². The first kappa shape index (κ1) is 25.2. The van der Waals surface area contributed by atoms with E-state index in [2.05, 4.69) is 10.5 Å². The minimum atomic E-state index is -4.07. The summed E-state index contributed by atoms with van der Waals surface area (Å²) < 4.78 is 38.4. The van der Waals surface area contributed by atoms with E-state index < -0.39 is 22.5 Å². The Hall–Kier alpha value is -3.40. The Morgan fingerprint density at radius 1 is 1.00 bits per heavy atom. The quantitative estimate of drug-likeness (QED) is 0.337. The van der Waals surface area contributed by atoms with Crippen molar-refractivity contribution in [3.63, 3.8) is 0 Å². The van der Waals surface area contributed by atoms with Gasteiger partial charge in [0.25, 0.3) is 5.91 Å². The van der Waals surface area contributed by atoms with Crippen LogP contribution < -0.4 is 14.9 Å². The molecule has 0 aliphatic heterocycles. The molecule has 0 unspecified atom stereocenters. The van der Waals surface area contributed by atoms with Crippen LogP contribution in [0.3, 0.4) is 0 Å². The van der Waals surface area contributed by atoms with Gasteiger partial charge in [-0.05, 0) is 35.4 Å². The monoisotopic (exact) mass is 501 g/mol. The number of sulfonamides is 1. The van der Waals surface area contributed by atoms with E-state index in [-0.39, 0.29) is 17.2 Å². The zero-order chi connectivity index (χ0) is 24.6. The van der Waals surface area contributed by atoms with E-state index in [4.69, 9.17) is 21.1 Å². The first-order chi connectivity index (χ1) is 16.3. The van der Waals surface area contributed by atoms with Gasteiger partial charge in [0.15, 0.2) is 11.5 Å². The molecule has 0 bridgehead atoms. The molecule has 8 nitrogen and oxygen atoms in total. The summed E-state index contributed by atoms with van der Waals surface area (Å²) in [6.45, 7) is -0.457. The van der Waals surface area contributed by atoms with Crippen molar-refractivity contribution in [2.24, 2.45) is 5.10 Å². The fraction of sp³-hybridized carbons (Fsp3) is 0.167. The number of hydrogen-bond acceptors (Lipinski definition) is 6. The van der Waals surface area contributed by atoms with E-state index >= 15 is 0 Å². The Bertz CT molecular complexity index is 1270. The molecule has 178 valence electrons. The van der Waals surface area contributed by atoms with Crippen molar-refractivity contribution < 1.29 is 22.7 Å². The van der Waals surface area contributed by atoms with Crippen LogP contribution in [0, 0.1) is 0 Å². The van der Waals surface area contributed by atoms with Crippen LogP contribution in [0.5, 0.6) is 11.5 Å². The van der Waals surface area contributed by atoms with Gasteiger partial charge in [-0.25, -0.2) is 13.8 Å². The van der Waals surface area contributed by atoms with Crippen LogP contribution in [0.2, 0.25) is 5.02 Å². The molecule has 3 aromatic carbocycles. The smallest absolute Gasteiger partial charge is 0.255 e. The van der Waals surface area contributed by atoms with Gasteiger partial charge in [0.05, 0.1) is 31.9 Å². The van der Waals surface area contributed by atoms with Crippen LogP contribution in [-0.2, 0) is 21.4 Å². The first-order valence-electron chi connectivity index (χ1n) is 10.2. The van der Waals surface area contributed by atoms with Crippen molar-refractivity contribution in [2.45, 2.75) is 11.4 Å². The molecule has 34 heavy (non-hydrogen) atoms. The summed E-state index contributed by atoms with van der Waals surface area (Å²) in [4.78, 5) is 12.6. The summed E-state index contributed by atoms with van der Waals surface area (Å²) in [5.41, 5.74) is 3.78. The zero-order valence-corrected chi connectivity index (χ0v) is 20.2. The highest BCUT2D eigenvalue weighted by Gasteiger charge is 2.28. The number of amides is 1. The van der Waals surface area contributed by atoms with E-state index in [0.717, 1.165) is 9.87 Å².